The maximum atomic E-state index is 9.50. The number of morpholine rings is 1. The van der Waals surface area contributed by atoms with Crippen molar-refractivity contribution in [1.82, 2.24) is 20.2 Å². The van der Waals surface area contributed by atoms with Crippen LogP contribution in [-0.4, -0.2) is 63.8 Å². The van der Waals surface area contributed by atoms with Gasteiger partial charge in [-0.15, -0.1) is 0 Å². The molecule has 1 aliphatic carbocycles. The lowest BCUT2D eigenvalue weighted by atomic mass is 10.1. The van der Waals surface area contributed by atoms with Gasteiger partial charge in [-0.25, -0.2) is 9.97 Å². The first kappa shape index (κ1) is 16.5. The number of aromatic amines is 1. The van der Waals surface area contributed by atoms with E-state index in [0.29, 0.717) is 13.2 Å². The van der Waals surface area contributed by atoms with Gasteiger partial charge in [0, 0.05) is 24.5 Å². The van der Waals surface area contributed by atoms with Gasteiger partial charge in [-0.3, -0.25) is 5.10 Å². The Balaban J connectivity index is 1.49. The van der Waals surface area contributed by atoms with Crippen molar-refractivity contribution in [2.24, 2.45) is 0 Å². The van der Waals surface area contributed by atoms with E-state index in [1.807, 2.05) is 24.3 Å². The summed E-state index contributed by atoms with van der Waals surface area (Å²) in [6.45, 7) is 3.09. The average molecular weight is 367 g/mol. The molecule has 27 heavy (non-hydrogen) atoms. The Kier molecular flexibility index (Phi) is 3.95. The van der Waals surface area contributed by atoms with Crippen LogP contribution in [0.1, 0.15) is 12.8 Å². The average Bonchev–Trinajstić information content (AvgIpc) is 3.38. The van der Waals surface area contributed by atoms with Crippen LogP contribution in [0, 0.1) is 0 Å². The number of H-pyrrole nitrogens is 1. The predicted molar refractivity (Wildman–Crippen MR) is 99.8 cm³/mol. The molecule has 140 valence electrons. The fourth-order valence-corrected chi connectivity index (χ4v) is 3.38. The number of rotatable bonds is 5. The Morgan fingerprint density at radius 3 is 2.81 bits per heavy atom. The van der Waals surface area contributed by atoms with Gasteiger partial charge in [-0.1, -0.05) is 0 Å². The quantitative estimate of drug-likeness (QED) is 0.709. The molecule has 8 heteroatoms. The number of hydrogen-bond donors (Lipinski definition) is 2. The van der Waals surface area contributed by atoms with E-state index >= 15 is 0 Å². The van der Waals surface area contributed by atoms with Crippen LogP contribution >= 0.6 is 0 Å². The number of hydrogen-bond acceptors (Lipinski definition) is 7. The zero-order valence-electron chi connectivity index (χ0n) is 14.9. The largest absolute Gasteiger partial charge is 0.485 e. The minimum atomic E-state index is -0.407. The molecule has 0 unspecified atom stereocenters. The predicted octanol–water partition coefficient (Wildman–Crippen LogP) is 1.76. The molecule has 1 aromatic carbocycles. The number of aromatic nitrogens is 4. The standard InChI is InChI=1S/C19H21N5O3/c25-11-19(3-4-19)27-13-1-2-15-14(9-13)18(23-22-15)16-10-17(21-12-20-16)24-5-7-26-8-6-24/h1-2,9-10,12,25H,3-8,11H2,(H,22,23). The second kappa shape index (κ2) is 6.47. The van der Waals surface area contributed by atoms with Gasteiger partial charge in [0.1, 0.15) is 29.2 Å². The van der Waals surface area contributed by atoms with E-state index < -0.39 is 5.60 Å². The molecule has 0 bridgehead atoms. The molecule has 0 atom stereocenters. The second-order valence-electron chi connectivity index (χ2n) is 7.08. The maximum Gasteiger partial charge on any atom is 0.132 e. The number of nitrogens with one attached hydrogen (secondary N) is 1. The zero-order valence-corrected chi connectivity index (χ0v) is 14.9. The van der Waals surface area contributed by atoms with Crippen molar-refractivity contribution >= 4 is 16.7 Å². The lowest BCUT2D eigenvalue weighted by Gasteiger charge is -2.27. The number of benzene rings is 1. The molecule has 1 saturated carbocycles. The Morgan fingerprint density at radius 2 is 2.04 bits per heavy atom. The van der Waals surface area contributed by atoms with E-state index in [0.717, 1.165) is 59.8 Å². The van der Waals surface area contributed by atoms with Gasteiger partial charge < -0.3 is 19.5 Å². The third kappa shape index (κ3) is 3.11. The van der Waals surface area contributed by atoms with E-state index in [1.54, 1.807) is 6.33 Å². The minimum Gasteiger partial charge on any atom is -0.485 e. The highest BCUT2D eigenvalue weighted by Gasteiger charge is 2.45. The zero-order chi connectivity index (χ0) is 18.3. The summed E-state index contributed by atoms with van der Waals surface area (Å²) in [6.07, 6.45) is 3.34. The van der Waals surface area contributed by atoms with Crippen LogP contribution in [0.2, 0.25) is 0 Å². The van der Waals surface area contributed by atoms with Gasteiger partial charge in [-0.05, 0) is 31.0 Å². The third-order valence-electron chi connectivity index (χ3n) is 5.19. The number of nitrogens with zero attached hydrogens (tertiary/aromatic N) is 4. The first-order chi connectivity index (χ1) is 13.3. The van der Waals surface area contributed by atoms with Crippen LogP contribution in [0.15, 0.2) is 30.6 Å². The monoisotopic (exact) mass is 367 g/mol. The minimum absolute atomic E-state index is 0.0398. The molecule has 2 aromatic heterocycles. The molecule has 1 aliphatic heterocycles. The van der Waals surface area contributed by atoms with E-state index in [1.165, 1.54) is 0 Å². The summed E-state index contributed by atoms with van der Waals surface area (Å²) in [4.78, 5) is 11.0. The third-order valence-corrected chi connectivity index (χ3v) is 5.19. The van der Waals surface area contributed by atoms with Gasteiger partial charge in [-0.2, -0.15) is 5.10 Å². The van der Waals surface area contributed by atoms with E-state index in [-0.39, 0.29) is 6.61 Å². The number of aliphatic hydroxyl groups excluding tert-OH is 1. The van der Waals surface area contributed by atoms with Gasteiger partial charge >= 0.3 is 0 Å². The number of aliphatic hydroxyl groups is 1. The molecule has 3 aromatic rings. The summed E-state index contributed by atoms with van der Waals surface area (Å²) in [5.41, 5.74) is 2.04. The highest BCUT2D eigenvalue weighted by atomic mass is 16.5. The first-order valence-electron chi connectivity index (χ1n) is 9.19. The highest BCUT2D eigenvalue weighted by Crippen LogP contribution is 2.40. The van der Waals surface area contributed by atoms with Gasteiger partial charge in [0.05, 0.1) is 31.0 Å². The van der Waals surface area contributed by atoms with Crippen LogP contribution in [0.25, 0.3) is 22.3 Å². The molecular formula is C19H21N5O3. The van der Waals surface area contributed by atoms with Crippen LogP contribution in [-0.2, 0) is 4.74 Å². The molecule has 2 aliphatic rings. The van der Waals surface area contributed by atoms with Crippen molar-refractivity contribution in [3.63, 3.8) is 0 Å². The molecular weight excluding hydrogens is 346 g/mol. The van der Waals surface area contributed by atoms with Gasteiger partial charge in [0.2, 0.25) is 0 Å². The summed E-state index contributed by atoms with van der Waals surface area (Å²) in [5, 5.41) is 18.0. The fraction of sp³-hybridized carbons (Fsp3) is 0.421. The molecule has 0 spiro atoms. The highest BCUT2D eigenvalue weighted by molar-refractivity contribution is 5.93. The second-order valence-corrected chi connectivity index (χ2v) is 7.08. The topological polar surface area (TPSA) is 96.4 Å². The van der Waals surface area contributed by atoms with Gasteiger partial charge in [0.15, 0.2) is 0 Å². The lowest BCUT2D eigenvalue weighted by molar-refractivity contribution is 0.0955. The number of fused-ring (bicyclic) bond motifs is 1. The Bertz CT molecular complexity index is 963. The molecule has 3 heterocycles. The molecule has 1 saturated heterocycles. The molecule has 2 N–H and O–H groups in total. The SMILES string of the molecule is OCC1(Oc2ccc3[nH]nc(-c4cc(N5CCOCC5)ncn4)c3c2)CC1. The maximum absolute atomic E-state index is 9.50. The summed E-state index contributed by atoms with van der Waals surface area (Å²) in [7, 11) is 0. The molecule has 5 rings (SSSR count). The lowest BCUT2D eigenvalue weighted by Crippen LogP contribution is -2.36. The summed E-state index contributed by atoms with van der Waals surface area (Å²) >= 11 is 0. The smallest absolute Gasteiger partial charge is 0.132 e. The Morgan fingerprint density at radius 1 is 1.19 bits per heavy atom. The fourth-order valence-electron chi connectivity index (χ4n) is 3.38. The van der Waals surface area contributed by atoms with Crippen molar-refractivity contribution < 1.29 is 14.6 Å². The van der Waals surface area contributed by atoms with Crippen LogP contribution in [0.3, 0.4) is 0 Å². The number of ether oxygens (including phenoxy) is 2. The number of anilines is 1. The molecule has 0 amide bonds. The van der Waals surface area contributed by atoms with Crippen LogP contribution < -0.4 is 9.64 Å². The van der Waals surface area contributed by atoms with E-state index in [9.17, 15) is 5.11 Å². The first-order valence-corrected chi connectivity index (χ1v) is 9.19. The van der Waals surface area contributed by atoms with Crippen LogP contribution in [0.5, 0.6) is 5.75 Å². The van der Waals surface area contributed by atoms with Crippen molar-refractivity contribution in [1.29, 1.82) is 0 Å². The van der Waals surface area contributed by atoms with E-state index in [2.05, 4.69) is 25.1 Å². The summed E-state index contributed by atoms with van der Waals surface area (Å²) < 4.78 is 11.4. The van der Waals surface area contributed by atoms with Gasteiger partial charge in [0.25, 0.3) is 0 Å². The normalized spacial score (nSPS) is 18.6. The van der Waals surface area contributed by atoms with Crippen molar-refractivity contribution in [3.05, 3.63) is 30.6 Å². The van der Waals surface area contributed by atoms with Crippen molar-refractivity contribution in [3.8, 4) is 17.1 Å². The molecule has 0 radical (unpaired) electrons. The summed E-state index contributed by atoms with van der Waals surface area (Å²) in [6, 6.07) is 7.77. The van der Waals surface area contributed by atoms with Crippen molar-refractivity contribution in [2.45, 2.75) is 18.4 Å². The van der Waals surface area contributed by atoms with Crippen LogP contribution in [0.4, 0.5) is 5.82 Å². The van der Waals surface area contributed by atoms with E-state index in [4.69, 9.17) is 9.47 Å². The van der Waals surface area contributed by atoms with Crippen molar-refractivity contribution in [2.75, 3.05) is 37.8 Å². The Hall–Kier alpha value is -2.71. The molecule has 2 fully saturated rings. The summed E-state index contributed by atoms with van der Waals surface area (Å²) in [5.74, 6) is 1.61. The molecule has 8 nitrogen and oxygen atoms in total. The Labute approximate surface area is 156 Å².